The van der Waals surface area contributed by atoms with E-state index in [2.05, 4.69) is 6.92 Å². The Labute approximate surface area is 139 Å². The first-order valence-electron chi connectivity index (χ1n) is 8.16. The summed E-state index contributed by atoms with van der Waals surface area (Å²) in [5.74, 6) is 0. The summed E-state index contributed by atoms with van der Waals surface area (Å²) in [6.07, 6.45) is 4.19. The molecule has 0 aliphatic heterocycles. The van der Waals surface area contributed by atoms with Crippen LogP contribution in [0.2, 0.25) is 0 Å². The molecule has 0 aliphatic carbocycles. The lowest BCUT2D eigenvalue weighted by Crippen LogP contribution is -2.42. The van der Waals surface area contributed by atoms with Gasteiger partial charge in [-0.05, 0) is 17.9 Å². The Morgan fingerprint density at radius 1 is 0.913 bits per heavy atom. The monoisotopic (exact) mass is 334 g/mol. The smallest absolute Gasteiger partial charge is 0.234 e. The van der Waals surface area contributed by atoms with Gasteiger partial charge in [-0.1, -0.05) is 62.6 Å². The molecular weight excluding hydrogens is 308 g/mol. The first-order chi connectivity index (χ1) is 11.0. The topological polar surface area (TPSA) is 40.6 Å². The molecule has 2 aromatic rings. The molecule has 0 aromatic heterocycles. The lowest BCUT2D eigenvalue weighted by molar-refractivity contribution is 0.124. The molecule has 0 N–H and O–H groups in total. The predicted molar refractivity (Wildman–Crippen MR) is 95.7 cm³/mol. The quantitative estimate of drug-likeness (QED) is 0.543. The maximum Gasteiger partial charge on any atom is 0.256 e. The summed E-state index contributed by atoms with van der Waals surface area (Å²) in [6.45, 7) is 2.66. The maximum absolute atomic E-state index is 13.1. The molecule has 0 unspecified atom stereocenters. The van der Waals surface area contributed by atoms with Crippen LogP contribution in [0.1, 0.15) is 32.6 Å². The highest BCUT2D eigenvalue weighted by Crippen LogP contribution is 2.26. The van der Waals surface area contributed by atoms with E-state index in [0.29, 0.717) is 11.4 Å². The summed E-state index contributed by atoms with van der Waals surface area (Å²) >= 11 is 0. The van der Waals surface area contributed by atoms with Gasteiger partial charge < -0.3 is 0 Å². The average molecular weight is 334 g/mol. The summed E-state index contributed by atoms with van der Waals surface area (Å²) in [7, 11) is 0.00567. The Hall–Kier alpha value is -1.43. The lowest BCUT2D eigenvalue weighted by atomic mass is 10.1. The third-order valence-electron chi connectivity index (χ3n) is 3.95. The number of fused-ring (bicyclic) bond motifs is 1. The van der Waals surface area contributed by atoms with Crippen LogP contribution in [0.25, 0.3) is 10.8 Å². The van der Waals surface area contributed by atoms with Crippen LogP contribution in [0.15, 0.2) is 47.4 Å². The first kappa shape index (κ1) is 17.9. The minimum absolute atomic E-state index is 0.375. The van der Waals surface area contributed by atoms with Crippen molar-refractivity contribution in [2.75, 3.05) is 20.6 Å². The van der Waals surface area contributed by atoms with E-state index in [1.807, 2.05) is 30.3 Å². The Morgan fingerprint density at radius 2 is 1.61 bits per heavy atom. The van der Waals surface area contributed by atoms with E-state index in [4.69, 9.17) is 0 Å². The van der Waals surface area contributed by atoms with Gasteiger partial charge in [-0.3, -0.25) is 0 Å². The highest BCUT2D eigenvalue weighted by molar-refractivity contribution is 7.89. The second-order valence-corrected chi connectivity index (χ2v) is 7.75. The summed E-state index contributed by atoms with van der Waals surface area (Å²) in [5.41, 5.74) is 0. The van der Waals surface area contributed by atoms with Crippen LogP contribution >= 0.6 is 0 Å². The van der Waals surface area contributed by atoms with E-state index in [0.717, 1.165) is 36.5 Å². The third kappa shape index (κ3) is 4.10. The number of hydrogen-bond donors (Lipinski definition) is 0. The van der Waals surface area contributed by atoms with Gasteiger partial charge in [0, 0.05) is 26.0 Å². The van der Waals surface area contributed by atoms with Crippen LogP contribution in [-0.2, 0) is 10.0 Å². The molecule has 0 spiro atoms. The first-order valence-corrected chi connectivity index (χ1v) is 9.60. The average Bonchev–Trinajstić information content (AvgIpc) is 2.53. The van der Waals surface area contributed by atoms with E-state index < -0.39 is 10.0 Å². The van der Waals surface area contributed by atoms with Gasteiger partial charge in [0.1, 0.15) is 0 Å². The van der Waals surface area contributed by atoms with Crippen molar-refractivity contribution in [3.8, 4) is 0 Å². The van der Waals surface area contributed by atoms with Crippen LogP contribution in [0, 0.1) is 0 Å². The van der Waals surface area contributed by atoms with Crippen molar-refractivity contribution < 1.29 is 8.42 Å². The molecular formula is C18H26N2O2S. The van der Waals surface area contributed by atoms with Gasteiger partial charge in [0.15, 0.2) is 0 Å². The van der Waals surface area contributed by atoms with Gasteiger partial charge in [-0.25, -0.2) is 13.4 Å². The van der Waals surface area contributed by atoms with E-state index >= 15 is 0 Å². The largest absolute Gasteiger partial charge is 0.256 e. The normalized spacial score (nSPS) is 12.4. The van der Waals surface area contributed by atoms with Gasteiger partial charge in [0.2, 0.25) is 0 Å². The van der Waals surface area contributed by atoms with Crippen LogP contribution in [-0.4, -0.2) is 38.5 Å². The Bertz CT molecular complexity index is 736. The molecule has 5 heteroatoms. The Morgan fingerprint density at radius 3 is 2.30 bits per heavy atom. The molecule has 0 fully saturated rings. The zero-order valence-electron chi connectivity index (χ0n) is 14.2. The molecule has 4 nitrogen and oxygen atoms in total. The van der Waals surface area contributed by atoms with Crippen molar-refractivity contribution in [2.24, 2.45) is 0 Å². The molecule has 0 bridgehead atoms. The number of hydrazine groups is 1. The number of unbranched alkanes of at least 4 members (excludes halogenated alkanes) is 3. The summed E-state index contributed by atoms with van der Waals surface area (Å²) in [4.78, 5) is 0.375. The van der Waals surface area contributed by atoms with Crippen LogP contribution in [0.5, 0.6) is 0 Å². The summed E-state index contributed by atoms with van der Waals surface area (Å²) < 4.78 is 27.7. The molecule has 0 saturated carbocycles. The van der Waals surface area contributed by atoms with Gasteiger partial charge in [0.25, 0.3) is 10.0 Å². The highest BCUT2D eigenvalue weighted by atomic mass is 32.2. The van der Waals surface area contributed by atoms with Crippen LogP contribution in [0.3, 0.4) is 0 Å². The second-order valence-electron chi connectivity index (χ2n) is 5.94. The lowest BCUT2D eigenvalue weighted by Gasteiger charge is -2.28. The van der Waals surface area contributed by atoms with Gasteiger partial charge in [0.05, 0.1) is 4.90 Å². The molecule has 0 saturated heterocycles. The zero-order valence-corrected chi connectivity index (χ0v) is 15.0. The molecule has 0 aliphatic rings. The van der Waals surface area contributed by atoms with E-state index in [1.165, 1.54) is 4.41 Å². The van der Waals surface area contributed by atoms with E-state index in [1.54, 1.807) is 31.2 Å². The van der Waals surface area contributed by atoms with Crippen molar-refractivity contribution in [3.63, 3.8) is 0 Å². The molecule has 2 aromatic carbocycles. The van der Waals surface area contributed by atoms with Crippen molar-refractivity contribution in [1.29, 1.82) is 0 Å². The van der Waals surface area contributed by atoms with Gasteiger partial charge in [-0.2, -0.15) is 0 Å². The number of sulfonamides is 1. The van der Waals surface area contributed by atoms with Crippen molar-refractivity contribution in [2.45, 2.75) is 37.5 Å². The fourth-order valence-electron chi connectivity index (χ4n) is 2.74. The summed E-state index contributed by atoms with van der Waals surface area (Å²) in [6, 6.07) is 13.1. The standard InChI is InChI=1S/C18H26N2O2S/c1-4-5-6-9-15-20(19(2)3)23(21,22)18-14-10-12-16-11-7-8-13-17(16)18/h7-8,10-14H,4-6,9,15H2,1-3H3. The Balaban J connectivity index is 2.36. The fraction of sp³-hybridized carbons (Fsp3) is 0.444. The van der Waals surface area contributed by atoms with Crippen LogP contribution < -0.4 is 0 Å². The Kier molecular flexibility index (Phi) is 6.16. The highest BCUT2D eigenvalue weighted by Gasteiger charge is 2.27. The van der Waals surface area contributed by atoms with Crippen molar-refractivity contribution in [1.82, 2.24) is 9.42 Å². The number of hydrogen-bond acceptors (Lipinski definition) is 3. The van der Waals surface area contributed by atoms with Gasteiger partial charge >= 0.3 is 0 Å². The predicted octanol–water partition coefficient (Wildman–Crippen LogP) is 3.89. The maximum atomic E-state index is 13.1. The third-order valence-corrected chi connectivity index (χ3v) is 5.93. The SMILES string of the molecule is CCCCCCN(N(C)C)S(=O)(=O)c1cccc2ccccc12. The van der Waals surface area contributed by atoms with Crippen molar-refractivity contribution >= 4 is 20.8 Å². The molecule has 0 atom stereocenters. The molecule has 0 amide bonds. The van der Waals surface area contributed by atoms with E-state index in [9.17, 15) is 8.42 Å². The molecule has 126 valence electrons. The van der Waals surface area contributed by atoms with Crippen molar-refractivity contribution in [3.05, 3.63) is 42.5 Å². The molecule has 23 heavy (non-hydrogen) atoms. The van der Waals surface area contributed by atoms with Crippen LogP contribution in [0.4, 0.5) is 0 Å². The van der Waals surface area contributed by atoms with Gasteiger partial charge in [-0.15, -0.1) is 4.41 Å². The number of benzene rings is 2. The molecule has 0 heterocycles. The zero-order chi connectivity index (χ0) is 16.9. The second kappa shape index (κ2) is 7.90. The minimum atomic E-state index is -3.55. The molecule has 2 rings (SSSR count). The molecule has 0 radical (unpaired) electrons. The minimum Gasteiger partial charge on any atom is -0.234 e. The fourth-order valence-corrected chi connectivity index (χ4v) is 4.48. The summed E-state index contributed by atoms with van der Waals surface area (Å²) in [5, 5.41) is 3.39. The van der Waals surface area contributed by atoms with E-state index in [-0.39, 0.29) is 0 Å². The number of nitrogens with zero attached hydrogens (tertiary/aromatic N) is 2. The number of rotatable bonds is 8.